The summed E-state index contributed by atoms with van der Waals surface area (Å²) in [7, 11) is 0. The Morgan fingerprint density at radius 2 is 2.00 bits per heavy atom. The Bertz CT molecular complexity index is 629. The van der Waals surface area contributed by atoms with Crippen LogP contribution in [0.2, 0.25) is 5.02 Å². The van der Waals surface area contributed by atoms with Crippen molar-refractivity contribution in [3.63, 3.8) is 0 Å². The van der Waals surface area contributed by atoms with Crippen molar-refractivity contribution in [3.05, 3.63) is 39.5 Å². The second-order valence-electron chi connectivity index (χ2n) is 5.21. The summed E-state index contributed by atoms with van der Waals surface area (Å²) in [5.41, 5.74) is 1.98. The van der Waals surface area contributed by atoms with Crippen LogP contribution in [0.25, 0.3) is 11.4 Å². The monoisotopic (exact) mass is 367 g/mol. The van der Waals surface area contributed by atoms with Crippen LogP contribution in [0.3, 0.4) is 0 Å². The molecule has 0 radical (unpaired) electrons. The summed E-state index contributed by atoms with van der Waals surface area (Å²) in [5.74, 6) is 1.94. The molecule has 0 amide bonds. The van der Waals surface area contributed by atoms with Crippen molar-refractivity contribution in [2.45, 2.75) is 33.1 Å². The molecule has 0 saturated heterocycles. The van der Waals surface area contributed by atoms with Crippen molar-refractivity contribution in [1.29, 1.82) is 0 Å². The van der Waals surface area contributed by atoms with Crippen LogP contribution in [0, 0.1) is 0 Å². The number of hydrogen-bond donors (Lipinski definition) is 1. The van der Waals surface area contributed by atoms with E-state index in [2.05, 4.69) is 52.0 Å². The van der Waals surface area contributed by atoms with Gasteiger partial charge < -0.3 is 5.32 Å². The zero-order chi connectivity index (χ0) is 15.4. The van der Waals surface area contributed by atoms with Gasteiger partial charge >= 0.3 is 0 Å². The van der Waals surface area contributed by atoms with Gasteiger partial charge in [-0.1, -0.05) is 32.4 Å². The first kappa shape index (κ1) is 16.2. The van der Waals surface area contributed by atoms with Gasteiger partial charge in [0.25, 0.3) is 0 Å². The van der Waals surface area contributed by atoms with Gasteiger partial charge in [0.1, 0.15) is 5.82 Å². The molecule has 0 aliphatic carbocycles. The van der Waals surface area contributed by atoms with Gasteiger partial charge in [0.05, 0.1) is 5.02 Å². The molecule has 0 atom stereocenters. The Kier molecular flexibility index (Phi) is 5.59. The number of hydrogen-bond acceptors (Lipinski definition) is 3. The highest BCUT2D eigenvalue weighted by molar-refractivity contribution is 9.10. The van der Waals surface area contributed by atoms with E-state index in [9.17, 15) is 0 Å². The summed E-state index contributed by atoms with van der Waals surface area (Å²) in [5, 5.41) is 4.02. The number of anilines is 1. The molecule has 0 saturated carbocycles. The zero-order valence-electron chi connectivity index (χ0n) is 12.5. The van der Waals surface area contributed by atoms with Crippen molar-refractivity contribution in [2.75, 3.05) is 11.9 Å². The topological polar surface area (TPSA) is 37.8 Å². The van der Waals surface area contributed by atoms with E-state index in [1.54, 1.807) is 0 Å². The standard InChI is InChI=1S/C16H19BrClN3/c1-4-7-19-15-9-14(10(2)3)20-16(21-15)11-5-6-13(18)12(17)8-11/h5-6,8-10H,4,7H2,1-3H3,(H,19,20,21). The average Bonchev–Trinajstić information content (AvgIpc) is 2.47. The molecule has 21 heavy (non-hydrogen) atoms. The van der Waals surface area contributed by atoms with Crippen molar-refractivity contribution in [3.8, 4) is 11.4 Å². The number of rotatable bonds is 5. The smallest absolute Gasteiger partial charge is 0.161 e. The molecule has 3 nitrogen and oxygen atoms in total. The molecule has 112 valence electrons. The minimum Gasteiger partial charge on any atom is -0.370 e. The molecule has 0 fully saturated rings. The average molecular weight is 369 g/mol. The second-order valence-corrected chi connectivity index (χ2v) is 6.47. The van der Waals surface area contributed by atoms with Crippen LogP contribution < -0.4 is 5.32 Å². The Labute approximate surface area is 139 Å². The number of halogens is 2. The fourth-order valence-electron chi connectivity index (χ4n) is 1.87. The van der Waals surface area contributed by atoms with Gasteiger partial charge in [-0.05, 0) is 46.5 Å². The first-order valence-electron chi connectivity index (χ1n) is 7.09. The SMILES string of the molecule is CCCNc1cc(C(C)C)nc(-c2ccc(Cl)c(Br)c2)n1. The quantitative estimate of drug-likeness (QED) is 0.756. The van der Waals surface area contributed by atoms with Gasteiger partial charge in [-0.3, -0.25) is 0 Å². The van der Waals surface area contributed by atoms with E-state index in [1.165, 1.54) is 0 Å². The first-order chi connectivity index (χ1) is 10.0. The zero-order valence-corrected chi connectivity index (χ0v) is 14.8. The highest BCUT2D eigenvalue weighted by Crippen LogP contribution is 2.28. The van der Waals surface area contributed by atoms with Gasteiger partial charge in [0.2, 0.25) is 0 Å². The number of benzene rings is 1. The molecule has 1 aromatic carbocycles. The molecule has 1 aromatic heterocycles. The summed E-state index contributed by atoms with van der Waals surface area (Å²) < 4.78 is 0.850. The maximum Gasteiger partial charge on any atom is 0.161 e. The molecule has 0 spiro atoms. The van der Waals surface area contributed by atoms with Gasteiger partial charge in [-0.25, -0.2) is 9.97 Å². The second kappa shape index (κ2) is 7.23. The van der Waals surface area contributed by atoms with Gasteiger partial charge in [0, 0.05) is 28.3 Å². The lowest BCUT2D eigenvalue weighted by atomic mass is 10.1. The van der Waals surface area contributed by atoms with Crippen molar-refractivity contribution >= 4 is 33.3 Å². The van der Waals surface area contributed by atoms with Crippen LogP contribution in [0.15, 0.2) is 28.7 Å². The number of nitrogens with one attached hydrogen (secondary N) is 1. The molecule has 2 rings (SSSR count). The van der Waals surface area contributed by atoms with Gasteiger partial charge in [-0.15, -0.1) is 0 Å². The maximum absolute atomic E-state index is 6.05. The van der Waals surface area contributed by atoms with E-state index < -0.39 is 0 Å². The highest BCUT2D eigenvalue weighted by Gasteiger charge is 2.10. The number of nitrogens with zero attached hydrogens (tertiary/aromatic N) is 2. The van der Waals surface area contributed by atoms with Gasteiger partial charge in [-0.2, -0.15) is 0 Å². The van der Waals surface area contributed by atoms with E-state index in [1.807, 2.05) is 24.3 Å². The molecule has 0 unspecified atom stereocenters. The summed E-state index contributed by atoms with van der Waals surface area (Å²) in [6.45, 7) is 7.30. The van der Waals surface area contributed by atoms with Gasteiger partial charge in [0.15, 0.2) is 5.82 Å². The summed E-state index contributed by atoms with van der Waals surface area (Å²) in [4.78, 5) is 9.28. The van der Waals surface area contributed by atoms with Crippen LogP contribution in [-0.2, 0) is 0 Å². The van der Waals surface area contributed by atoms with E-state index in [-0.39, 0.29) is 0 Å². The lowest BCUT2D eigenvalue weighted by Crippen LogP contribution is -2.06. The summed E-state index contributed by atoms with van der Waals surface area (Å²) in [6, 6.07) is 7.77. The van der Waals surface area contributed by atoms with E-state index in [4.69, 9.17) is 11.6 Å². The molecule has 0 aliphatic heterocycles. The molecule has 0 bridgehead atoms. The Balaban J connectivity index is 2.45. The van der Waals surface area contributed by atoms with Crippen LogP contribution >= 0.6 is 27.5 Å². The predicted octanol–water partition coefficient (Wildman–Crippen LogP) is 5.50. The fourth-order valence-corrected chi connectivity index (χ4v) is 2.37. The molecule has 2 aromatic rings. The molecular weight excluding hydrogens is 350 g/mol. The van der Waals surface area contributed by atoms with Crippen molar-refractivity contribution in [2.24, 2.45) is 0 Å². The highest BCUT2D eigenvalue weighted by atomic mass is 79.9. The molecule has 5 heteroatoms. The van der Waals surface area contributed by atoms with Crippen LogP contribution in [0.5, 0.6) is 0 Å². The third-order valence-electron chi connectivity index (χ3n) is 3.07. The largest absolute Gasteiger partial charge is 0.370 e. The van der Waals surface area contributed by atoms with Crippen LogP contribution in [-0.4, -0.2) is 16.5 Å². The third kappa shape index (κ3) is 4.17. The van der Waals surface area contributed by atoms with E-state index in [0.29, 0.717) is 10.9 Å². The minimum atomic E-state index is 0.352. The lowest BCUT2D eigenvalue weighted by Gasteiger charge is -2.12. The summed E-state index contributed by atoms with van der Waals surface area (Å²) in [6.07, 6.45) is 1.06. The first-order valence-corrected chi connectivity index (χ1v) is 8.26. The third-order valence-corrected chi connectivity index (χ3v) is 4.29. The Morgan fingerprint density at radius 3 is 2.62 bits per heavy atom. The van der Waals surface area contributed by atoms with Crippen molar-refractivity contribution < 1.29 is 0 Å². The lowest BCUT2D eigenvalue weighted by molar-refractivity contribution is 0.816. The Morgan fingerprint density at radius 1 is 1.24 bits per heavy atom. The van der Waals surface area contributed by atoms with E-state index in [0.717, 1.165) is 40.3 Å². The Hall–Kier alpha value is -1.13. The molecule has 1 N–H and O–H groups in total. The normalized spacial score (nSPS) is 11.0. The van der Waals surface area contributed by atoms with Crippen molar-refractivity contribution in [1.82, 2.24) is 9.97 Å². The summed E-state index contributed by atoms with van der Waals surface area (Å²) >= 11 is 9.50. The maximum atomic E-state index is 6.05. The van der Waals surface area contributed by atoms with E-state index >= 15 is 0 Å². The number of aromatic nitrogens is 2. The fraction of sp³-hybridized carbons (Fsp3) is 0.375. The molecular formula is C16H19BrClN3. The van der Waals surface area contributed by atoms with Crippen LogP contribution in [0.4, 0.5) is 5.82 Å². The minimum absolute atomic E-state index is 0.352. The van der Waals surface area contributed by atoms with Crippen LogP contribution in [0.1, 0.15) is 38.8 Å². The predicted molar refractivity (Wildman–Crippen MR) is 93.0 cm³/mol. The molecule has 0 aliphatic rings. The molecule has 1 heterocycles.